The zero-order chi connectivity index (χ0) is 14.0. The van der Waals surface area contributed by atoms with Crippen LogP contribution in [0.4, 0.5) is 0 Å². The maximum atomic E-state index is 11.5. The molecule has 0 saturated carbocycles. The fraction of sp³-hybridized carbons (Fsp3) is 0.923. The van der Waals surface area contributed by atoms with E-state index >= 15 is 0 Å². The van der Waals surface area contributed by atoms with E-state index in [1.807, 2.05) is 11.9 Å². The lowest BCUT2D eigenvalue weighted by Gasteiger charge is -2.24. The highest BCUT2D eigenvalue weighted by atomic mass is 16.5. The van der Waals surface area contributed by atoms with Crippen molar-refractivity contribution in [1.29, 1.82) is 0 Å². The maximum Gasteiger partial charge on any atom is 0.234 e. The molecule has 0 radical (unpaired) electrons. The van der Waals surface area contributed by atoms with E-state index in [0.717, 1.165) is 19.4 Å². The first-order chi connectivity index (χ1) is 8.41. The first-order valence-corrected chi connectivity index (χ1v) is 6.55. The Kier molecular flexibility index (Phi) is 8.97. The van der Waals surface area contributed by atoms with Gasteiger partial charge in [-0.2, -0.15) is 0 Å². The molecule has 0 aromatic rings. The summed E-state index contributed by atoms with van der Waals surface area (Å²) in [6.07, 6.45) is 2.14. The number of nitrogens with zero attached hydrogens (tertiary/aromatic N) is 1. The molecule has 0 saturated heterocycles. The van der Waals surface area contributed by atoms with Gasteiger partial charge in [0.05, 0.1) is 13.2 Å². The van der Waals surface area contributed by atoms with Crippen molar-refractivity contribution in [2.24, 2.45) is 11.1 Å². The Morgan fingerprint density at radius 2 is 2.11 bits per heavy atom. The highest BCUT2D eigenvalue weighted by Gasteiger charge is 2.15. The zero-order valence-corrected chi connectivity index (χ0v) is 12.3. The second kappa shape index (κ2) is 9.30. The smallest absolute Gasteiger partial charge is 0.234 e. The number of rotatable bonds is 10. The minimum atomic E-state index is 0.0487. The Bertz CT molecular complexity index is 232. The Morgan fingerprint density at radius 3 is 2.67 bits per heavy atom. The normalized spacial score (nSPS) is 11.9. The molecule has 0 fully saturated rings. The molecule has 0 bridgehead atoms. The molecule has 0 aliphatic rings. The molecule has 108 valence electrons. The van der Waals surface area contributed by atoms with Crippen LogP contribution in [-0.2, 0) is 9.53 Å². The lowest BCUT2D eigenvalue weighted by atomic mass is 9.88. The summed E-state index contributed by atoms with van der Waals surface area (Å²) < 4.78 is 4.87. The van der Waals surface area contributed by atoms with Crippen LogP contribution in [0, 0.1) is 5.41 Å². The number of carbonyl (C=O) groups excluding carboxylic acids is 1. The Balaban J connectivity index is 3.64. The summed E-state index contributed by atoms with van der Waals surface area (Å²) in [6, 6.07) is 0. The van der Waals surface area contributed by atoms with Crippen LogP contribution in [0.15, 0.2) is 0 Å². The van der Waals surface area contributed by atoms with Crippen molar-refractivity contribution in [3.8, 4) is 0 Å². The van der Waals surface area contributed by atoms with E-state index in [-0.39, 0.29) is 11.3 Å². The number of carbonyl (C=O) groups is 1. The number of hydrogen-bond donors (Lipinski definition) is 2. The van der Waals surface area contributed by atoms with Crippen molar-refractivity contribution in [3.05, 3.63) is 0 Å². The van der Waals surface area contributed by atoms with E-state index in [1.54, 1.807) is 7.11 Å². The summed E-state index contributed by atoms with van der Waals surface area (Å²) in [4.78, 5) is 13.6. The minimum absolute atomic E-state index is 0.0487. The highest BCUT2D eigenvalue weighted by molar-refractivity contribution is 5.77. The van der Waals surface area contributed by atoms with Gasteiger partial charge in [-0.25, -0.2) is 0 Å². The number of amides is 1. The summed E-state index contributed by atoms with van der Waals surface area (Å²) >= 11 is 0. The second-order valence-electron chi connectivity index (χ2n) is 5.55. The molecule has 0 aromatic carbocycles. The molecule has 0 aliphatic heterocycles. The molecule has 0 heterocycles. The van der Waals surface area contributed by atoms with Crippen LogP contribution in [0.25, 0.3) is 0 Å². The number of nitrogens with one attached hydrogen (secondary N) is 1. The largest absolute Gasteiger partial charge is 0.383 e. The van der Waals surface area contributed by atoms with Gasteiger partial charge in [0, 0.05) is 13.7 Å². The lowest BCUT2D eigenvalue weighted by molar-refractivity contribution is -0.122. The quantitative estimate of drug-likeness (QED) is 0.559. The molecule has 0 spiro atoms. The average molecular weight is 259 g/mol. The van der Waals surface area contributed by atoms with Gasteiger partial charge in [-0.05, 0) is 38.4 Å². The van der Waals surface area contributed by atoms with Crippen molar-refractivity contribution < 1.29 is 9.53 Å². The van der Waals surface area contributed by atoms with Gasteiger partial charge >= 0.3 is 0 Å². The predicted molar refractivity (Wildman–Crippen MR) is 74.5 cm³/mol. The van der Waals surface area contributed by atoms with Gasteiger partial charge in [-0.15, -0.1) is 0 Å². The molecule has 0 rings (SSSR count). The van der Waals surface area contributed by atoms with Gasteiger partial charge < -0.3 is 15.8 Å². The van der Waals surface area contributed by atoms with Gasteiger partial charge in [-0.1, -0.05) is 13.8 Å². The van der Waals surface area contributed by atoms with Crippen LogP contribution in [-0.4, -0.2) is 57.8 Å². The van der Waals surface area contributed by atoms with E-state index in [9.17, 15) is 4.79 Å². The molecule has 18 heavy (non-hydrogen) atoms. The van der Waals surface area contributed by atoms with Crippen LogP contribution < -0.4 is 11.1 Å². The molecule has 0 atom stereocenters. The van der Waals surface area contributed by atoms with Crippen molar-refractivity contribution >= 4 is 5.91 Å². The van der Waals surface area contributed by atoms with Crippen molar-refractivity contribution in [1.82, 2.24) is 10.2 Å². The van der Waals surface area contributed by atoms with Gasteiger partial charge in [0.1, 0.15) is 0 Å². The lowest BCUT2D eigenvalue weighted by Crippen LogP contribution is -2.37. The van der Waals surface area contributed by atoms with Gasteiger partial charge in [-0.3, -0.25) is 9.69 Å². The van der Waals surface area contributed by atoms with Crippen molar-refractivity contribution in [2.75, 3.05) is 46.9 Å². The molecular weight excluding hydrogens is 230 g/mol. The molecule has 5 nitrogen and oxygen atoms in total. The van der Waals surface area contributed by atoms with Gasteiger partial charge in [0.15, 0.2) is 0 Å². The molecule has 5 heteroatoms. The SMILES string of the molecule is COCCNC(=O)CN(C)CCCC(C)(C)CN. The summed E-state index contributed by atoms with van der Waals surface area (Å²) in [7, 11) is 3.59. The Labute approximate surface area is 111 Å². The third kappa shape index (κ3) is 9.39. The van der Waals surface area contributed by atoms with E-state index in [1.165, 1.54) is 0 Å². The van der Waals surface area contributed by atoms with Crippen LogP contribution in [0.2, 0.25) is 0 Å². The number of ether oxygens (including phenoxy) is 1. The zero-order valence-electron chi connectivity index (χ0n) is 12.3. The van der Waals surface area contributed by atoms with E-state index < -0.39 is 0 Å². The van der Waals surface area contributed by atoms with E-state index in [2.05, 4.69) is 19.2 Å². The molecule has 0 aliphatic carbocycles. The average Bonchev–Trinajstić information content (AvgIpc) is 2.29. The molecule has 0 aromatic heterocycles. The highest BCUT2D eigenvalue weighted by Crippen LogP contribution is 2.19. The minimum Gasteiger partial charge on any atom is -0.383 e. The van der Waals surface area contributed by atoms with Crippen LogP contribution in [0.3, 0.4) is 0 Å². The van der Waals surface area contributed by atoms with Crippen LogP contribution in [0.5, 0.6) is 0 Å². The second-order valence-corrected chi connectivity index (χ2v) is 5.55. The standard InChI is InChI=1S/C13H29N3O2/c1-13(2,11-14)6-5-8-16(3)10-12(17)15-7-9-18-4/h5-11,14H2,1-4H3,(H,15,17). The fourth-order valence-electron chi connectivity index (χ4n) is 1.60. The number of hydrogen-bond acceptors (Lipinski definition) is 4. The topological polar surface area (TPSA) is 67.6 Å². The summed E-state index contributed by atoms with van der Waals surface area (Å²) in [5, 5.41) is 2.81. The van der Waals surface area contributed by atoms with Gasteiger partial charge in [0.2, 0.25) is 5.91 Å². The van der Waals surface area contributed by atoms with Gasteiger partial charge in [0.25, 0.3) is 0 Å². The van der Waals surface area contributed by atoms with Crippen LogP contribution in [0.1, 0.15) is 26.7 Å². The summed E-state index contributed by atoms with van der Waals surface area (Å²) in [5.41, 5.74) is 5.88. The molecular formula is C13H29N3O2. The first-order valence-electron chi connectivity index (χ1n) is 6.55. The third-order valence-corrected chi connectivity index (χ3v) is 2.99. The summed E-state index contributed by atoms with van der Waals surface area (Å²) in [6.45, 7) is 7.53. The van der Waals surface area contributed by atoms with Crippen molar-refractivity contribution in [3.63, 3.8) is 0 Å². The van der Waals surface area contributed by atoms with Crippen molar-refractivity contribution in [2.45, 2.75) is 26.7 Å². The molecule has 3 N–H and O–H groups in total. The number of likely N-dealkylation sites (N-methyl/N-ethyl adjacent to an activating group) is 1. The fourth-order valence-corrected chi connectivity index (χ4v) is 1.60. The van der Waals surface area contributed by atoms with E-state index in [4.69, 9.17) is 10.5 Å². The third-order valence-electron chi connectivity index (χ3n) is 2.99. The molecule has 1 amide bonds. The number of nitrogens with two attached hydrogens (primary N) is 1. The Hall–Kier alpha value is -0.650. The molecule has 0 unspecified atom stereocenters. The first kappa shape index (κ1) is 17.4. The predicted octanol–water partition coefficient (Wildman–Crippen LogP) is 0.446. The van der Waals surface area contributed by atoms with Crippen LogP contribution >= 0.6 is 0 Å². The maximum absolute atomic E-state index is 11.5. The monoisotopic (exact) mass is 259 g/mol. The van der Waals surface area contributed by atoms with E-state index in [0.29, 0.717) is 26.2 Å². The number of methoxy groups -OCH3 is 1. The summed E-state index contributed by atoms with van der Waals surface area (Å²) in [5.74, 6) is 0.0487. The Morgan fingerprint density at radius 1 is 1.44 bits per heavy atom.